The van der Waals surface area contributed by atoms with E-state index in [-0.39, 0.29) is 26.7 Å². The van der Waals surface area contributed by atoms with Crippen LogP contribution in [0.15, 0.2) is 45.8 Å². The Labute approximate surface area is 173 Å². The SMILES string of the molecule is O=C(COC(=O)c1cc(S(=O)(=O)NC2CC2)ccc1Br)Nc1ccc(F)cc1F. The third kappa shape index (κ3) is 5.58. The van der Waals surface area contributed by atoms with Crippen LogP contribution in [0.2, 0.25) is 0 Å². The first-order valence-corrected chi connectivity index (χ1v) is 10.7. The summed E-state index contributed by atoms with van der Waals surface area (Å²) in [5.74, 6) is -3.58. The van der Waals surface area contributed by atoms with Crippen molar-refractivity contribution in [3.63, 3.8) is 0 Å². The van der Waals surface area contributed by atoms with Crippen molar-refractivity contribution in [2.75, 3.05) is 11.9 Å². The number of carbonyl (C=O) groups excluding carboxylic acids is 2. The molecule has 1 aliphatic carbocycles. The maximum atomic E-state index is 13.5. The zero-order chi connectivity index (χ0) is 21.2. The highest BCUT2D eigenvalue weighted by Gasteiger charge is 2.29. The van der Waals surface area contributed by atoms with Crippen molar-refractivity contribution in [1.29, 1.82) is 0 Å². The van der Waals surface area contributed by atoms with Gasteiger partial charge >= 0.3 is 5.97 Å². The molecule has 2 aromatic carbocycles. The van der Waals surface area contributed by atoms with Crippen molar-refractivity contribution in [1.82, 2.24) is 4.72 Å². The van der Waals surface area contributed by atoms with E-state index in [9.17, 15) is 26.8 Å². The molecular weight excluding hydrogens is 474 g/mol. The standard InChI is InChI=1S/C18H15BrF2N2O5S/c19-14-5-4-12(29(26,27)23-11-2-3-11)8-13(14)18(25)28-9-17(24)22-16-6-1-10(20)7-15(16)21/h1,4-8,11,23H,2-3,9H2,(H,22,24). The van der Waals surface area contributed by atoms with Gasteiger partial charge in [0, 0.05) is 16.6 Å². The summed E-state index contributed by atoms with van der Waals surface area (Å²) in [5.41, 5.74) is -0.364. The maximum absolute atomic E-state index is 13.5. The average Bonchev–Trinajstić information content (AvgIpc) is 3.45. The van der Waals surface area contributed by atoms with Gasteiger partial charge in [0.2, 0.25) is 10.0 Å². The molecule has 0 heterocycles. The molecule has 2 N–H and O–H groups in total. The van der Waals surface area contributed by atoms with E-state index >= 15 is 0 Å². The summed E-state index contributed by atoms with van der Waals surface area (Å²) >= 11 is 3.14. The molecule has 1 fully saturated rings. The van der Waals surface area contributed by atoms with Gasteiger partial charge in [0.15, 0.2) is 6.61 Å². The van der Waals surface area contributed by atoms with Crippen molar-refractivity contribution in [2.24, 2.45) is 0 Å². The van der Waals surface area contributed by atoms with Gasteiger partial charge in [-0.3, -0.25) is 4.79 Å². The summed E-state index contributed by atoms with van der Waals surface area (Å²) in [7, 11) is -3.78. The van der Waals surface area contributed by atoms with Gasteiger partial charge in [-0.1, -0.05) is 0 Å². The predicted molar refractivity (Wildman–Crippen MR) is 103 cm³/mol. The number of esters is 1. The average molecular weight is 489 g/mol. The van der Waals surface area contributed by atoms with E-state index in [0.29, 0.717) is 6.07 Å². The molecule has 154 valence electrons. The third-order valence-corrected chi connectivity index (χ3v) is 6.12. The zero-order valence-electron chi connectivity index (χ0n) is 14.7. The number of ether oxygens (including phenoxy) is 1. The van der Waals surface area contributed by atoms with Crippen LogP contribution in [-0.2, 0) is 19.6 Å². The minimum absolute atomic E-state index is 0.0931. The van der Waals surface area contributed by atoms with Gasteiger partial charge in [-0.2, -0.15) is 0 Å². The molecule has 1 aliphatic rings. The largest absolute Gasteiger partial charge is 0.452 e. The van der Waals surface area contributed by atoms with Gasteiger partial charge in [-0.15, -0.1) is 0 Å². The number of amides is 1. The lowest BCUT2D eigenvalue weighted by Crippen LogP contribution is -2.26. The smallest absolute Gasteiger partial charge is 0.339 e. The summed E-state index contributed by atoms with van der Waals surface area (Å²) in [5, 5.41) is 2.15. The molecule has 0 bridgehead atoms. The second-order valence-electron chi connectivity index (χ2n) is 6.29. The lowest BCUT2D eigenvalue weighted by Gasteiger charge is -2.10. The fraction of sp³-hybridized carbons (Fsp3) is 0.222. The number of rotatable bonds is 7. The molecule has 11 heteroatoms. The van der Waals surface area contributed by atoms with Crippen LogP contribution >= 0.6 is 15.9 Å². The Morgan fingerprint density at radius 3 is 2.52 bits per heavy atom. The fourth-order valence-corrected chi connectivity index (χ4v) is 4.04. The second kappa shape index (κ2) is 8.56. The molecule has 0 radical (unpaired) electrons. The van der Waals surface area contributed by atoms with E-state index in [2.05, 4.69) is 26.0 Å². The van der Waals surface area contributed by atoms with Crippen molar-refractivity contribution >= 4 is 43.5 Å². The number of halogens is 3. The van der Waals surface area contributed by atoms with Crippen LogP contribution in [0.5, 0.6) is 0 Å². The zero-order valence-corrected chi connectivity index (χ0v) is 17.1. The lowest BCUT2D eigenvalue weighted by molar-refractivity contribution is -0.119. The first kappa shape index (κ1) is 21.3. The molecule has 7 nitrogen and oxygen atoms in total. The number of anilines is 1. The number of nitrogens with one attached hydrogen (secondary N) is 2. The van der Waals surface area contributed by atoms with E-state index in [4.69, 9.17) is 4.74 Å². The number of benzene rings is 2. The minimum atomic E-state index is -3.78. The third-order valence-electron chi connectivity index (χ3n) is 3.91. The van der Waals surface area contributed by atoms with Crippen molar-refractivity contribution in [3.05, 3.63) is 58.1 Å². The van der Waals surface area contributed by atoms with Gasteiger partial charge in [-0.05, 0) is 59.1 Å². The number of hydrogen-bond donors (Lipinski definition) is 2. The topological polar surface area (TPSA) is 102 Å². The van der Waals surface area contributed by atoms with Crippen LogP contribution in [0.1, 0.15) is 23.2 Å². The summed E-state index contributed by atoms with van der Waals surface area (Å²) < 4.78 is 58.7. The van der Waals surface area contributed by atoms with Crippen LogP contribution in [-0.4, -0.2) is 32.9 Å². The molecule has 3 rings (SSSR count). The van der Waals surface area contributed by atoms with E-state index in [1.54, 1.807) is 0 Å². The van der Waals surface area contributed by atoms with Crippen molar-refractivity contribution in [3.8, 4) is 0 Å². The molecule has 0 aromatic heterocycles. The molecule has 0 unspecified atom stereocenters. The van der Waals surface area contributed by atoms with Gasteiger partial charge in [0.25, 0.3) is 5.91 Å². The molecule has 0 spiro atoms. The van der Waals surface area contributed by atoms with E-state index in [1.165, 1.54) is 12.1 Å². The Kier molecular flexibility index (Phi) is 6.30. The lowest BCUT2D eigenvalue weighted by atomic mass is 10.2. The molecule has 0 atom stereocenters. The van der Waals surface area contributed by atoms with Gasteiger partial charge in [0.05, 0.1) is 16.1 Å². The Morgan fingerprint density at radius 1 is 1.14 bits per heavy atom. The van der Waals surface area contributed by atoms with Gasteiger partial charge in [0.1, 0.15) is 11.6 Å². The quantitative estimate of drug-likeness (QED) is 0.583. The summed E-state index contributed by atoms with van der Waals surface area (Å²) in [6, 6.07) is 6.33. The first-order chi connectivity index (χ1) is 13.7. The molecule has 1 amide bonds. The van der Waals surface area contributed by atoms with Gasteiger partial charge in [-0.25, -0.2) is 26.7 Å². The van der Waals surface area contributed by atoms with E-state index < -0.39 is 40.1 Å². The normalized spacial score (nSPS) is 13.8. The summed E-state index contributed by atoms with van der Waals surface area (Å²) in [4.78, 5) is 24.0. The summed E-state index contributed by atoms with van der Waals surface area (Å²) in [6.45, 7) is -0.751. The Bertz CT molecular complexity index is 1070. The number of carbonyl (C=O) groups is 2. The van der Waals surface area contributed by atoms with Crippen molar-refractivity contribution < 1.29 is 31.5 Å². The van der Waals surface area contributed by atoms with Gasteiger partial charge < -0.3 is 10.1 Å². The van der Waals surface area contributed by atoms with E-state index in [1.807, 2.05) is 0 Å². The second-order valence-corrected chi connectivity index (χ2v) is 8.85. The first-order valence-electron chi connectivity index (χ1n) is 8.39. The summed E-state index contributed by atoms with van der Waals surface area (Å²) in [6.07, 6.45) is 1.52. The maximum Gasteiger partial charge on any atom is 0.339 e. The van der Waals surface area contributed by atoms with Crippen molar-refractivity contribution in [2.45, 2.75) is 23.8 Å². The highest BCUT2D eigenvalue weighted by atomic mass is 79.9. The highest BCUT2D eigenvalue weighted by molar-refractivity contribution is 9.10. The monoisotopic (exact) mass is 488 g/mol. The highest BCUT2D eigenvalue weighted by Crippen LogP contribution is 2.25. The van der Waals surface area contributed by atoms with Crippen LogP contribution in [0.25, 0.3) is 0 Å². The Morgan fingerprint density at radius 2 is 1.86 bits per heavy atom. The number of sulfonamides is 1. The minimum Gasteiger partial charge on any atom is -0.452 e. The molecule has 0 saturated heterocycles. The predicted octanol–water partition coefficient (Wildman–Crippen LogP) is 2.96. The molecule has 29 heavy (non-hydrogen) atoms. The molecular formula is C18H15BrF2N2O5S. The fourth-order valence-electron chi connectivity index (χ4n) is 2.30. The Balaban J connectivity index is 1.65. The molecule has 0 aliphatic heterocycles. The van der Waals surface area contributed by atoms with Crippen LogP contribution in [0, 0.1) is 11.6 Å². The molecule has 2 aromatic rings. The Hall–Kier alpha value is -2.37. The van der Waals surface area contributed by atoms with Crippen LogP contribution in [0.4, 0.5) is 14.5 Å². The van der Waals surface area contributed by atoms with Crippen LogP contribution < -0.4 is 10.0 Å². The van der Waals surface area contributed by atoms with Crippen LogP contribution in [0.3, 0.4) is 0 Å². The number of hydrogen-bond acceptors (Lipinski definition) is 5. The van der Waals surface area contributed by atoms with E-state index in [0.717, 1.165) is 31.0 Å². The molecule has 1 saturated carbocycles.